The molecular weight excluding hydrogens is 354 g/mol. The second-order valence-corrected chi connectivity index (χ2v) is 7.75. The summed E-state index contributed by atoms with van der Waals surface area (Å²) in [6, 6.07) is 7.72. The van der Waals surface area contributed by atoms with Gasteiger partial charge in [0.25, 0.3) is 0 Å². The van der Waals surface area contributed by atoms with E-state index < -0.39 is 0 Å². The largest absolute Gasteiger partial charge is 0.353 e. The maximum atomic E-state index is 13.0. The molecular formula is C21H27N5O2. The normalized spacial score (nSPS) is 22.3. The van der Waals surface area contributed by atoms with Gasteiger partial charge in [-0.05, 0) is 37.5 Å². The van der Waals surface area contributed by atoms with Crippen LogP contribution in [0, 0.1) is 5.92 Å². The van der Waals surface area contributed by atoms with Crippen molar-refractivity contribution in [3.05, 3.63) is 36.7 Å². The smallest absolute Gasteiger partial charge is 0.229 e. The van der Waals surface area contributed by atoms with Gasteiger partial charge in [-0.3, -0.25) is 14.3 Å². The molecule has 148 valence electrons. The Balaban J connectivity index is 1.44. The highest BCUT2D eigenvalue weighted by Gasteiger charge is 2.38. The number of likely N-dealkylation sites (tertiary alicyclic amines) is 1. The molecule has 2 aliphatic rings. The number of carbonyl (C=O) groups excluding carboxylic acids is 2. The average Bonchev–Trinajstić information content (AvgIpc) is 3.30. The topological polar surface area (TPSA) is 79.3 Å². The molecule has 7 nitrogen and oxygen atoms in total. The Labute approximate surface area is 165 Å². The van der Waals surface area contributed by atoms with E-state index in [1.165, 1.54) is 0 Å². The number of aromatic nitrogens is 2. The van der Waals surface area contributed by atoms with Crippen molar-refractivity contribution in [3.8, 4) is 0 Å². The van der Waals surface area contributed by atoms with Crippen LogP contribution in [0.1, 0.15) is 38.5 Å². The van der Waals surface area contributed by atoms with Gasteiger partial charge in [-0.25, -0.2) is 0 Å². The third-order valence-corrected chi connectivity index (χ3v) is 5.70. The third-order valence-electron chi connectivity index (χ3n) is 5.70. The van der Waals surface area contributed by atoms with Crippen molar-refractivity contribution in [2.75, 3.05) is 17.2 Å². The summed E-state index contributed by atoms with van der Waals surface area (Å²) in [6.07, 6.45) is 9.07. The minimum atomic E-state index is -0.134. The summed E-state index contributed by atoms with van der Waals surface area (Å²) < 4.78 is 1.73. The summed E-state index contributed by atoms with van der Waals surface area (Å²) in [4.78, 5) is 27.2. The summed E-state index contributed by atoms with van der Waals surface area (Å²) in [5.74, 6) is 0.0843. The lowest BCUT2D eigenvalue weighted by atomic mass is 9.83. The van der Waals surface area contributed by atoms with Crippen molar-refractivity contribution in [2.45, 2.75) is 44.6 Å². The number of rotatable bonds is 5. The number of amides is 2. The van der Waals surface area contributed by atoms with Crippen LogP contribution in [0.2, 0.25) is 0 Å². The first-order chi connectivity index (χ1) is 13.6. The number of hydrogen-bond donors (Lipinski definition) is 2. The molecule has 2 fully saturated rings. The minimum absolute atomic E-state index is 0.0166. The van der Waals surface area contributed by atoms with Crippen LogP contribution < -0.4 is 10.6 Å². The highest BCUT2D eigenvalue weighted by Crippen LogP contribution is 2.32. The van der Waals surface area contributed by atoms with Crippen LogP contribution >= 0.6 is 0 Å². The lowest BCUT2D eigenvalue weighted by molar-refractivity contribution is -0.133. The third kappa shape index (κ3) is 4.03. The molecule has 2 heterocycles. The van der Waals surface area contributed by atoms with Crippen LogP contribution in [0.3, 0.4) is 0 Å². The molecule has 2 atom stereocenters. The summed E-state index contributed by atoms with van der Waals surface area (Å²) >= 11 is 0. The molecule has 1 aromatic heterocycles. The SMILES string of the molecule is Cn1cc(Nc2cccc(NC(=O)[C@@H]3CCCC[C@@H]3N3CCCC3=O)c2)cn1. The van der Waals surface area contributed by atoms with Crippen molar-refractivity contribution >= 4 is 28.9 Å². The van der Waals surface area contributed by atoms with E-state index in [2.05, 4.69) is 15.7 Å². The Morgan fingerprint density at radius 1 is 1.14 bits per heavy atom. The van der Waals surface area contributed by atoms with Gasteiger partial charge >= 0.3 is 0 Å². The first-order valence-electron chi connectivity index (χ1n) is 10.1. The van der Waals surface area contributed by atoms with Gasteiger partial charge in [-0.2, -0.15) is 5.10 Å². The number of nitrogens with one attached hydrogen (secondary N) is 2. The predicted molar refractivity (Wildman–Crippen MR) is 108 cm³/mol. The monoisotopic (exact) mass is 381 g/mol. The Morgan fingerprint density at radius 3 is 2.71 bits per heavy atom. The number of anilines is 3. The van der Waals surface area contributed by atoms with Crippen LogP contribution in [0.5, 0.6) is 0 Å². The van der Waals surface area contributed by atoms with Crippen LogP contribution in [-0.2, 0) is 16.6 Å². The minimum Gasteiger partial charge on any atom is -0.353 e. The van der Waals surface area contributed by atoms with Crippen molar-refractivity contribution in [1.29, 1.82) is 0 Å². The molecule has 1 saturated heterocycles. The zero-order valence-corrected chi connectivity index (χ0v) is 16.2. The maximum absolute atomic E-state index is 13.0. The molecule has 0 bridgehead atoms. The van der Waals surface area contributed by atoms with E-state index in [1.54, 1.807) is 10.9 Å². The van der Waals surface area contributed by atoms with Crippen LogP contribution in [0.25, 0.3) is 0 Å². The molecule has 2 amide bonds. The highest BCUT2D eigenvalue weighted by molar-refractivity contribution is 5.94. The van der Waals surface area contributed by atoms with Gasteiger partial charge in [0.1, 0.15) is 0 Å². The Bertz CT molecular complexity index is 862. The lowest BCUT2D eigenvalue weighted by Gasteiger charge is -2.37. The van der Waals surface area contributed by atoms with Gasteiger partial charge in [0.05, 0.1) is 17.8 Å². The summed E-state index contributed by atoms with van der Waals surface area (Å²) in [5, 5.41) is 10.5. The van der Waals surface area contributed by atoms with E-state index in [0.29, 0.717) is 6.42 Å². The van der Waals surface area contributed by atoms with Gasteiger partial charge in [-0.1, -0.05) is 18.9 Å². The number of nitrogens with zero attached hydrogens (tertiary/aromatic N) is 3. The molecule has 2 N–H and O–H groups in total. The quantitative estimate of drug-likeness (QED) is 0.833. The van der Waals surface area contributed by atoms with E-state index in [9.17, 15) is 9.59 Å². The Hall–Kier alpha value is -2.83. The first-order valence-corrected chi connectivity index (χ1v) is 10.1. The second kappa shape index (κ2) is 8.04. The molecule has 0 radical (unpaired) electrons. The predicted octanol–water partition coefficient (Wildman–Crippen LogP) is 3.28. The van der Waals surface area contributed by atoms with Gasteiger partial charge in [0, 0.05) is 43.6 Å². The lowest BCUT2D eigenvalue weighted by Crippen LogP contribution is -2.47. The van der Waals surface area contributed by atoms with E-state index in [0.717, 1.165) is 55.7 Å². The molecule has 7 heteroatoms. The molecule has 0 unspecified atom stereocenters. The van der Waals surface area contributed by atoms with E-state index in [-0.39, 0.29) is 23.8 Å². The molecule has 0 spiro atoms. The maximum Gasteiger partial charge on any atom is 0.229 e. The summed E-state index contributed by atoms with van der Waals surface area (Å²) in [5.41, 5.74) is 2.54. The fourth-order valence-corrected chi connectivity index (χ4v) is 4.37. The zero-order chi connectivity index (χ0) is 19.5. The van der Waals surface area contributed by atoms with Crippen molar-refractivity contribution in [3.63, 3.8) is 0 Å². The molecule has 1 aromatic carbocycles. The van der Waals surface area contributed by atoms with Gasteiger partial charge in [-0.15, -0.1) is 0 Å². The number of aryl methyl sites for hydroxylation is 1. The zero-order valence-electron chi connectivity index (χ0n) is 16.2. The summed E-state index contributed by atoms with van der Waals surface area (Å²) in [7, 11) is 1.87. The fraction of sp³-hybridized carbons (Fsp3) is 0.476. The number of hydrogen-bond acceptors (Lipinski definition) is 4. The molecule has 4 rings (SSSR count). The fourth-order valence-electron chi connectivity index (χ4n) is 4.37. The van der Waals surface area contributed by atoms with Crippen LogP contribution in [0.4, 0.5) is 17.1 Å². The van der Waals surface area contributed by atoms with E-state index in [4.69, 9.17) is 0 Å². The van der Waals surface area contributed by atoms with Gasteiger partial charge < -0.3 is 15.5 Å². The number of carbonyl (C=O) groups is 2. The van der Waals surface area contributed by atoms with E-state index in [1.807, 2.05) is 42.4 Å². The van der Waals surface area contributed by atoms with Crippen LogP contribution in [0.15, 0.2) is 36.7 Å². The average molecular weight is 381 g/mol. The Morgan fingerprint density at radius 2 is 1.96 bits per heavy atom. The van der Waals surface area contributed by atoms with Crippen molar-refractivity contribution < 1.29 is 9.59 Å². The highest BCUT2D eigenvalue weighted by atomic mass is 16.2. The van der Waals surface area contributed by atoms with Gasteiger partial charge in [0.2, 0.25) is 11.8 Å². The van der Waals surface area contributed by atoms with Gasteiger partial charge in [0.15, 0.2) is 0 Å². The standard InChI is InChI=1S/C21H27N5O2/c1-25-14-17(13-22-25)23-15-6-4-7-16(12-15)24-21(28)18-8-2-3-9-19(18)26-11-5-10-20(26)27/h4,6-7,12-14,18-19,23H,2-3,5,8-11H2,1H3,(H,24,28)/t18-,19+/m1/s1. The number of benzene rings is 1. The van der Waals surface area contributed by atoms with Crippen molar-refractivity contribution in [1.82, 2.24) is 14.7 Å². The molecule has 28 heavy (non-hydrogen) atoms. The molecule has 1 aliphatic heterocycles. The van der Waals surface area contributed by atoms with E-state index >= 15 is 0 Å². The molecule has 1 aliphatic carbocycles. The first kappa shape index (κ1) is 18.5. The Kier molecular flexibility index (Phi) is 5.32. The van der Waals surface area contributed by atoms with Crippen molar-refractivity contribution in [2.24, 2.45) is 13.0 Å². The van der Waals surface area contributed by atoms with Crippen LogP contribution in [-0.4, -0.2) is 39.1 Å². The molecule has 2 aromatic rings. The summed E-state index contributed by atoms with van der Waals surface area (Å²) in [6.45, 7) is 0.789. The second-order valence-electron chi connectivity index (χ2n) is 7.75. The molecule has 1 saturated carbocycles.